The lowest BCUT2D eigenvalue weighted by molar-refractivity contribution is -0.270. The monoisotopic (exact) mass is 1520 g/mol. The van der Waals surface area contributed by atoms with E-state index in [1.165, 1.54) is 25.7 Å². The van der Waals surface area contributed by atoms with Crippen LogP contribution < -0.4 is 26.6 Å². The second kappa shape index (κ2) is 51.2. The van der Waals surface area contributed by atoms with Gasteiger partial charge in [-0.1, -0.05) is 0 Å². The molecule has 3 aliphatic heterocycles. The zero-order chi connectivity index (χ0) is 77.3. The van der Waals surface area contributed by atoms with E-state index in [1.54, 1.807) is 4.90 Å². The number of carbonyl (C=O) groups excluding carboxylic acids is 10. The number of Topliss-reactive ketones (excluding diaryl/α,β-unsaturated/α-hetero) is 3. The second-order valence-electron chi connectivity index (χ2n) is 26.6. The summed E-state index contributed by atoms with van der Waals surface area (Å²) in [5.74, 6) is -3.31. The van der Waals surface area contributed by atoms with Gasteiger partial charge in [-0.05, 0) is 96.3 Å². The molecule has 16 N–H and O–H groups in total. The number of nitrogens with zero attached hydrogens (tertiary/aromatic N) is 2. The largest absolute Gasteiger partial charge is 0.394 e. The summed E-state index contributed by atoms with van der Waals surface area (Å²) in [6.07, 6.45) is -10.3. The Kier molecular flexibility index (Phi) is 45.8. The number of rotatable bonds is 55. The molecule has 3 heterocycles. The number of unbranched alkanes of at least 4 members (excludes halogenated alkanes) is 6. The standard InChI is InChI=1S/C67H118N7O29P/c1-42(78)70-55-61(91)58(88)49(38-75)101-65(55)97-35-14-11-23-45(81)20-5-8-26-52(85)68-29-17-31-73(54(87)28-10-7-22-47(83)25-13-16-37-99-67-57(72-44(3)80)63(93)60(90)51(40-77)103-67)33-19-34-74(64(94)48(84)41-100-104(4,95)96)32-18-30-69-53(86)27-9-6-21-46(82)24-12-15-36-98-66-56(71-43(2)79)62(92)59(89)50(39-76)102-66/h48-51,55-63,65-67,75-77,84,88-93H,5-41H2,1-4H3,(H,68,85)(H,69,86)(H,70,78)(H,71,79)(H,72,80)(H,95,96)/t48?,49?,50?,51?,55?,56?,57?,58-,59-,60-,61+,62+,63+,65+,66+,67+/m0/s1. The van der Waals surface area contributed by atoms with Crippen LogP contribution in [0.5, 0.6) is 0 Å². The van der Waals surface area contributed by atoms with Crippen LogP contribution in [-0.2, 0) is 85.5 Å². The lowest BCUT2D eigenvalue weighted by Crippen LogP contribution is -2.64. The van der Waals surface area contributed by atoms with Gasteiger partial charge in [0.15, 0.2) is 25.0 Å². The summed E-state index contributed by atoms with van der Waals surface area (Å²) < 4.78 is 50.6. The van der Waals surface area contributed by atoms with Crippen molar-refractivity contribution in [1.82, 2.24) is 36.4 Å². The first-order valence-electron chi connectivity index (χ1n) is 36.2. The molecular formula is C67H118N7O29P. The van der Waals surface area contributed by atoms with Crippen LogP contribution in [0.1, 0.15) is 175 Å². The summed E-state index contributed by atoms with van der Waals surface area (Å²) in [7, 11) is -4.10. The van der Waals surface area contributed by atoms with E-state index in [9.17, 15) is 108 Å². The zero-order valence-electron chi connectivity index (χ0n) is 60.5. The van der Waals surface area contributed by atoms with Gasteiger partial charge in [-0.3, -0.25) is 52.5 Å². The Bertz CT molecular complexity index is 2650. The van der Waals surface area contributed by atoms with Crippen LogP contribution in [-0.4, -0.2) is 315 Å². The van der Waals surface area contributed by atoms with Crippen LogP contribution >= 0.6 is 7.60 Å². The van der Waals surface area contributed by atoms with Crippen LogP contribution in [0.15, 0.2) is 0 Å². The Labute approximate surface area is 607 Å². The summed E-state index contributed by atoms with van der Waals surface area (Å²) in [5.41, 5.74) is 0. The highest BCUT2D eigenvalue weighted by Gasteiger charge is 2.48. The predicted molar refractivity (Wildman–Crippen MR) is 367 cm³/mol. The number of aliphatic hydroxyl groups excluding tert-OH is 10. The van der Waals surface area contributed by atoms with Crippen molar-refractivity contribution in [1.29, 1.82) is 0 Å². The molecule has 600 valence electrons. The van der Waals surface area contributed by atoms with Gasteiger partial charge >= 0.3 is 7.60 Å². The number of amides is 7. The Morgan fingerprint density at radius 2 is 0.721 bits per heavy atom. The lowest BCUT2D eigenvalue weighted by atomic mass is 9.97. The summed E-state index contributed by atoms with van der Waals surface area (Å²) in [6.45, 7) is 2.78. The Morgan fingerprint density at radius 1 is 0.423 bits per heavy atom. The molecule has 8 unspecified atom stereocenters. The van der Waals surface area contributed by atoms with Crippen LogP contribution in [0.2, 0.25) is 0 Å². The van der Waals surface area contributed by atoms with Crippen molar-refractivity contribution in [2.24, 2.45) is 0 Å². The van der Waals surface area contributed by atoms with E-state index in [-0.39, 0.29) is 165 Å². The third-order valence-corrected chi connectivity index (χ3v) is 18.2. The van der Waals surface area contributed by atoms with Crippen molar-refractivity contribution in [2.45, 2.75) is 273 Å². The normalized spacial score (nSPS) is 25.5. The molecule has 0 aromatic carbocycles. The first kappa shape index (κ1) is 93.0. The molecule has 36 nitrogen and oxygen atoms in total. The third kappa shape index (κ3) is 36.6. The van der Waals surface area contributed by atoms with E-state index < -0.39 is 156 Å². The molecule has 17 atom stereocenters. The van der Waals surface area contributed by atoms with Gasteiger partial charge in [-0.15, -0.1) is 0 Å². The molecule has 3 fully saturated rings. The maximum absolute atomic E-state index is 13.9. The molecule has 0 aliphatic carbocycles. The number of nitrogens with one attached hydrogen (secondary N) is 5. The van der Waals surface area contributed by atoms with Gasteiger partial charge in [0.2, 0.25) is 35.4 Å². The third-order valence-electron chi connectivity index (χ3n) is 17.6. The quantitative estimate of drug-likeness (QED) is 0.0213. The van der Waals surface area contributed by atoms with Gasteiger partial charge in [0.05, 0.1) is 26.4 Å². The van der Waals surface area contributed by atoms with E-state index in [4.69, 9.17) is 32.9 Å². The van der Waals surface area contributed by atoms with E-state index in [1.807, 2.05) is 0 Å². The van der Waals surface area contributed by atoms with Crippen LogP contribution in [0.3, 0.4) is 0 Å². The highest BCUT2D eigenvalue weighted by Crippen LogP contribution is 2.36. The predicted octanol–water partition coefficient (Wildman–Crippen LogP) is -2.98. The summed E-state index contributed by atoms with van der Waals surface area (Å²) in [4.78, 5) is 139. The molecule has 0 aromatic rings. The SMILES string of the molecule is CC(=O)NC1[C@H](OCCCCC(=O)CCCCC(=O)NCCCN(CCCN(CCCNC(=O)CCCCC(=O)CCCCO[C@@H]2OC(CO)[C@H](O)[C@H](O)C2NC(C)=O)C(=O)C(O)COP(C)(=O)O)C(=O)CCCCC(=O)CCCCO[C@@H]2OC(CO)[C@H](O)[C@H](O)C2NC(C)=O)OC(CO)[C@H](O)[C@@H]1O. The van der Waals surface area contributed by atoms with E-state index in [2.05, 4.69) is 26.6 Å². The molecule has 0 saturated carbocycles. The van der Waals surface area contributed by atoms with Gasteiger partial charge in [-0.25, -0.2) is 0 Å². The number of hydrogen-bond donors (Lipinski definition) is 16. The fourth-order valence-electron chi connectivity index (χ4n) is 11.9. The van der Waals surface area contributed by atoms with Crippen LogP contribution in [0, 0.1) is 0 Å². The smallest absolute Gasteiger partial charge is 0.325 e. The number of carbonyl (C=O) groups is 10. The molecule has 3 aliphatic rings. The minimum Gasteiger partial charge on any atom is -0.394 e. The zero-order valence-corrected chi connectivity index (χ0v) is 61.4. The number of ketones is 3. The fraction of sp³-hybridized carbons (Fsp3) is 0.851. The average molecular weight is 1520 g/mol. The minimum absolute atomic E-state index is 0.00330. The van der Waals surface area contributed by atoms with Gasteiger partial charge < -0.3 is 125 Å². The lowest BCUT2D eigenvalue weighted by Gasteiger charge is -2.42. The summed E-state index contributed by atoms with van der Waals surface area (Å²) in [5, 5.41) is 115. The molecule has 37 heteroatoms. The number of aliphatic hydroxyl groups is 10. The molecule has 7 amide bonds. The average Bonchev–Trinajstić information content (AvgIpc) is 0.821. The van der Waals surface area contributed by atoms with Crippen LogP contribution in [0.25, 0.3) is 0 Å². The molecule has 0 bridgehead atoms. The van der Waals surface area contributed by atoms with E-state index in [0.717, 1.165) is 6.66 Å². The molecule has 104 heavy (non-hydrogen) atoms. The Hall–Kier alpha value is -5.19. The summed E-state index contributed by atoms with van der Waals surface area (Å²) >= 11 is 0. The van der Waals surface area contributed by atoms with Crippen molar-refractivity contribution in [3.8, 4) is 0 Å². The molecule has 0 aromatic heterocycles. The van der Waals surface area contributed by atoms with Crippen molar-refractivity contribution in [3.05, 3.63) is 0 Å². The Morgan fingerprint density at radius 3 is 1.05 bits per heavy atom. The first-order valence-corrected chi connectivity index (χ1v) is 38.2. The van der Waals surface area contributed by atoms with Gasteiger partial charge in [-0.2, -0.15) is 0 Å². The van der Waals surface area contributed by atoms with Gasteiger partial charge in [0.1, 0.15) is 90.4 Å². The topological polar surface area (TPSA) is 542 Å². The maximum Gasteiger partial charge on any atom is 0.325 e. The number of hydrogen-bond acceptors (Lipinski definition) is 28. The summed E-state index contributed by atoms with van der Waals surface area (Å²) in [6, 6.07) is -3.29. The van der Waals surface area contributed by atoms with Crippen molar-refractivity contribution in [3.63, 3.8) is 0 Å². The van der Waals surface area contributed by atoms with Gasteiger partial charge in [0, 0.05) is 144 Å². The highest BCUT2D eigenvalue weighted by molar-refractivity contribution is 7.51. The maximum atomic E-state index is 13.9. The number of ether oxygens (including phenoxy) is 6. The van der Waals surface area contributed by atoms with Crippen molar-refractivity contribution >= 4 is 66.3 Å². The van der Waals surface area contributed by atoms with Crippen LogP contribution in [0.4, 0.5) is 0 Å². The Balaban J connectivity index is 1.51. The molecule has 0 radical (unpaired) electrons. The van der Waals surface area contributed by atoms with Gasteiger partial charge in [0.25, 0.3) is 5.91 Å². The van der Waals surface area contributed by atoms with E-state index >= 15 is 0 Å². The second-order valence-corrected chi connectivity index (χ2v) is 28.5. The molecular weight excluding hydrogens is 1400 g/mol. The van der Waals surface area contributed by atoms with E-state index in [0.29, 0.717) is 83.5 Å². The fourth-order valence-corrected chi connectivity index (χ4v) is 12.3. The highest BCUT2D eigenvalue weighted by atomic mass is 31.2. The molecule has 3 saturated heterocycles. The first-order chi connectivity index (χ1) is 49.4. The molecule has 3 rings (SSSR count). The van der Waals surface area contributed by atoms with Crippen molar-refractivity contribution in [2.75, 3.05) is 92.2 Å². The van der Waals surface area contributed by atoms with Crippen molar-refractivity contribution < 1.29 is 141 Å². The molecule has 0 spiro atoms. The minimum atomic E-state index is -4.10.